The summed E-state index contributed by atoms with van der Waals surface area (Å²) in [6.45, 7) is 0. The van der Waals surface area contributed by atoms with E-state index in [1.807, 2.05) is 29.5 Å². The number of rotatable bonds is 2. The highest BCUT2D eigenvalue weighted by Crippen LogP contribution is 2.41. The summed E-state index contributed by atoms with van der Waals surface area (Å²) < 4.78 is 0. The van der Waals surface area contributed by atoms with Gasteiger partial charge in [0.05, 0.1) is 6.20 Å². The lowest BCUT2D eigenvalue weighted by Crippen LogP contribution is -2.08. The number of hydrogen-bond donors (Lipinski definition) is 1. The Bertz CT molecular complexity index is 1640. The minimum atomic E-state index is -0.136. The summed E-state index contributed by atoms with van der Waals surface area (Å²) in [6, 6.07) is 23.2. The molecule has 35 heavy (non-hydrogen) atoms. The van der Waals surface area contributed by atoms with E-state index in [-0.39, 0.29) is 5.56 Å². The van der Waals surface area contributed by atoms with Crippen molar-refractivity contribution in [2.75, 3.05) is 0 Å². The molecular formula is C31H26N2OS. The summed E-state index contributed by atoms with van der Waals surface area (Å²) in [7, 11) is 0. The van der Waals surface area contributed by atoms with E-state index in [1.54, 1.807) is 23.4 Å². The van der Waals surface area contributed by atoms with E-state index >= 15 is 0 Å². The van der Waals surface area contributed by atoms with Crippen molar-refractivity contribution >= 4 is 38.5 Å². The minimum Gasteiger partial charge on any atom is -0.267 e. The standard InChI is InChI=1S/C23H20S.C8H6N2O/c1-2-9-20-16(5-1)10-13-22-21(20)12-11-17-6-3-7-18(23(17)22)15-19-8-4-14-24-19;11-8-7-4-2-1-3-6(7)5-9-10-8/h2-4,6-9,11-12,14H,1,5,10,13,15H2;1-5H,(H,10,11). The van der Waals surface area contributed by atoms with Gasteiger partial charge in [0.25, 0.3) is 5.56 Å². The highest BCUT2D eigenvalue weighted by molar-refractivity contribution is 7.09. The van der Waals surface area contributed by atoms with Gasteiger partial charge >= 0.3 is 0 Å². The Morgan fingerprint density at radius 2 is 1.80 bits per heavy atom. The lowest BCUT2D eigenvalue weighted by atomic mass is 9.78. The Kier molecular flexibility index (Phi) is 5.89. The van der Waals surface area contributed by atoms with E-state index in [9.17, 15) is 4.79 Å². The maximum Gasteiger partial charge on any atom is 0.272 e. The third-order valence-electron chi connectivity index (χ3n) is 7.00. The number of nitrogens with one attached hydrogen (secondary N) is 1. The van der Waals surface area contributed by atoms with Crippen molar-refractivity contribution in [2.24, 2.45) is 0 Å². The van der Waals surface area contributed by atoms with E-state index < -0.39 is 0 Å². The van der Waals surface area contributed by atoms with E-state index in [2.05, 4.69) is 70.2 Å². The van der Waals surface area contributed by atoms with Crippen molar-refractivity contribution in [3.8, 4) is 0 Å². The topological polar surface area (TPSA) is 45.8 Å². The third kappa shape index (κ3) is 4.26. The normalized spacial score (nSPS) is 14.4. The molecule has 2 aliphatic carbocycles. The number of nitrogens with zero attached hydrogens (tertiary/aromatic N) is 1. The van der Waals surface area contributed by atoms with Crippen LogP contribution in [0.4, 0.5) is 0 Å². The first-order chi connectivity index (χ1) is 17.3. The number of fused-ring (bicyclic) bond motifs is 5. The van der Waals surface area contributed by atoms with Crippen molar-refractivity contribution in [1.29, 1.82) is 0 Å². The average molecular weight is 475 g/mol. The minimum absolute atomic E-state index is 0.136. The molecule has 0 fully saturated rings. The summed E-state index contributed by atoms with van der Waals surface area (Å²) in [5.41, 5.74) is 7.58. The summed E-state index contributed by atoms with van der Waals surface area (Å²) in [5.74, 6) is 0. The summed E-state index contributed by atoms with van der Waals surface area (Å²) in [4.78, 5) is 12.5. The van der Waals surface area contributed by atoms with E-state index in [0.29, 0.717) is 5.39 Å². The molecule has 0 saturated heterocycles. The van der Waals surface area contributed by atoms with Crippen LogP contribution in [0.2, 0.25) is 0 Å². The quantitative estimate of drug-likeness (QED) is 0.288. The van der Waals surface area contributed by atoms with Crippen LogP contribution in [0.15, 0.2) is 101 Å². The molecule has 3 aromatic carbocycles. The van der Waals surface area contributed by atoms with Crippen LogP contribution in [0.3, 0.4) is 0 Å². The lowest BCUT2D eigenvalue weighted by Gasteiger charge is -2.26. The first kappa shape index (κ1) is 21.8. The predicted octanol–water partition coefficient (Wildman–Crippen LogP) is 7.47. The number of allylic oxidation sites excluding steroid dienone is 4. The molecule has 0 saturated carbocycles. The van der Waals surface area contributed by atoms with E-state index in [0.717, 1.165) is 11.8 Å². The molecule has 0 aliphatic heterocycles. The predicted molar refractivity (Wildman–Crippen MR) is 147 cm³/mol. The van der Waals surface area contributed by atoms with Gasteiger partial charge in [0, 0.05) is 22.1 Å². The van der Waals surface area contributed by atoms with Crippen LogP contribution in [0.1, 0.15) is 40.8 Å². The molecule has 5 aromatic rings. The van der Waals surface area contributed by atoms with Crippen LogP contribution in [-0.4, -0.2) is 10.2 Å². The summed E-state index contributed by atoms with van der Waals surface area (Å²) in [6.07, 6.45) is 12.3. The van der Waals surface area contributed by atoms with Gasteiger partial charge in [-0.1, -0.05) is 72.3 Å². The molecule has 0 atom stereocenters. The Labute approximate surface area is 208 Å². The van der Waals surface area contributed by atoms with Crippen LogP contribution >= 0.6 is 11.3 Å². The Morgan fingerprint density at radius 1 is 0.886 bits per heavy atom. The molecular weight excluding hydrogens is 448 g/mol. The molecule has 0 bridgehead atoms. The first-order valence-electron chi connectivity index (χ1n) is 12.1. The largest absolute Gasteiger partial charge is 0.272 e. The summed E-state index contributed by atoms with van der Waals surface area (Å²) >= 11 is 1.86. The molecule has 0 amide bonds. The maximum absolute atomic E-state index is 11.1. The maximum atomic E-state index is 11.1. The van der Waals surface area contributed by atoms with Crippen LogP contribution in [0.25, 0.3) is 27.1 Å². The van der Waals surface area contributed by atoms with Gasteiger partial charge in [-0.25, -0.2) is 5.10 Å². The monoisotopic (exact) mass is 474 g/mol. The molecule has 0 radical (unpaired) electrons. The van der Waals surface area contributed by atoms with Gasteiger partial charge in [-0.2, -0.15) is 5.10 Å². The second-order valence-electron chi connectivity index (χ2n) is 9.11. The van der Waals surface area contributed by atoms with Gasteiger partial charge < -0.3 is 0 Å². The van der Waals surface area contributed by atoms with Crippen LogP contribution < -0.4 is 5.56 Å². The number of aromatic amines is 1. The van der Waals surface area contributed by atoms with Crippen LogP contribution in [-0.2, 0) is 12.8 Å². The smallest absolute Gasteiger partial charge is 0.267 e. The Morgan fingerprint density at radius 3 is 2.69 bits per heavy atom. The zero-order valence-electron chi connectivity index (χ0n) is 19.5. The van der Waals surface area contributed by atoms with Gasteiger partial charge in [-0.05, 0) is 76.2 Å². The lowest BCUT2D eigenvalue weighted by molar-refractivity contribution is 0.830. The SMILES string of the molecule is C1=CC2=C(CC1)CCc1c2ccc2cccc(Cc3cccs3)c12.O=c1[nH]ncc2ccccc12. The van der Waals surface area contributed by atoms with Crippen molar-refractivity contribution in [1.82, 2.24) is 10.2 Å². The number of aromatic nitrogens is 2. The van der Waals surface area contributed by atoms with Gasteiger partial charge in [-0.3, -0.25) is 4.79 Å². The van der Waals surface area contributed by atoms with Gasteiger partial charge in [0.2, 0.25) is 0 Å². The molecule has 2 aromatic heterocycles. The number of benzene rings is 3. The fourth-order valence-electron chi connectivity index (χ4n) is 5.36. The molecule has 1 N–H and O–H groups in total. The molecule has 7 rings (SSSR count). The second kappa shape index (κ2) is 9.47. The fourth-order valence-corrected chi connectivity index (χ4v) is 6.09. The zero-order chi connectivity index (χ0) is 23.6. The molecule has 172 valence electrons. The van der Waals surface area contributed by atoms with Gasteiger partial charge in [0.15, 0.2) is 0 Å². The average Bonchev–Trinajstić information content (AvgIpc) is 3.42. The van der Waals surface area contributed by atoms with Gasteiger partial charge in [0.1, 0.15) is 0 Å². The third-order valence-corrected chi connectivity index (χ3v) is 7.88. The van der Waals surface area contributed by atoms with E-state index in [4.69, 9.17) is 0 Å². The number of aryl methyl sites for hydroxylation is 1. The number of thiophene rings is 1. The molecule has 0 unspecified atom stereocenters. The Balaban J connectivity index is 0.000000174. The highest BCUT2D eigenvalue weighted by atomic mass is 32.1. The molecule has 0 spiro atoms. The van der Waals surface area contributed by atoms with Gasteiger partial charge in [-0.15, -0.1) is 11.3 Å². The van der Waals surface area contributed by atoms with E-state index in [1.165, 1.54) is 58.0 Å². The molecule has 4 heteroatoms. The molecule has 2 aliphatic rings. The molecule has 3 nitrogen and oxygen atoms in total. The first-order valence-corrected chi connectivity index (χ1v) is 13.0. The van der Waals surface area contributed by atoms with Crippen molar-refractivity contribution in [3.63, 3.8) is 0 Å². The summed E-state index contributed by atoms with van der Waals surface area (Å²) in [5, 5.41) is 12.7. The van der Waals surface area contributed by atoms with Crippen LogP contribution in [0, 0.1) is 0 Å². The number of H-pyrrole nitrogens is 1. The zero-order valence-corrected chi connectivity index (χ0v) is 20.3. The fraction of sp³-hybridized carbons (Fsp3) is 0.161. The van der Waals surface area contributed by atoms with Crippen molar-refractivity contribution in [2.45, 2.75) is 32.1 Å². The van der Waals surface area contributed by atoms with Crippen LogP contribution in [0.5, 0.6) is 0 Å². The van der Waals surface area contributed by atoms with Crippen molar-refractivity contribution < 1.29 is 0 Å². The second-order valence-corrected chi connectivity index (χ2v) is 10.1. The van der Waals surface area contributed by atoms with Crippen molar-refractivity contribution in [3.05, 3.63) is 128 Å². The number of hydrogen-bond acceptors (Lipinski definition) is 3. The highest BCUT2D eigenvalue weighted by Gasteiger charge is 2.21. The molecule has 2 heterocycles. The Hall–Kier alpha value is -3.76.